The van der Waals surface area contributed by atoms with E-state index < -0.39 is 0 Å². The van der Waals surface area contributed by atoms with Crippen molar-refractivity contribution in [3.05, 3.63) is 0 Å². The van der Waals surface area contributed by atoms with Gasteiger partial charge in [0.15, 0.2) is 0 Å². The van der Waals surface area contributed by atoms with Gasteiger partial charge in [0.1, 0.15) is 0 Å². The molecular weight excluding hydrogens is 262 g/mol. The SMILES string of the molecule is O=C(CC1CCCCN1)N1CCC(CN2CCCC2)CC1. The van der Waals surface area contributed by atoms with Gasteiger partial charge in [-0.15, -0.1) is 0 Å². The van der Waals surface area contributed by atoms with Gasteiger partial charge in [-0.05, 0) is 64.1 Å². The molecular formula is C17H31N3O. The molecule has 0 radical (unpaired) electrons. The van der Waals surface area contributed by atoms with Gasteiger partial charge in [0.2, 0.25) is 5.91 Å². The molecule has 3 aliphatic heterocycles. The topological polar surface area (TPSA) is 35.6 Å². The summed E-state index contributed by atoms with van der Waals surface area (Å²) in [6.45, 7) is 6.94. The average Bonchev–Trinajstić information content (AvgIpc) is 3.02. The van der Waals surface area contributed by atoms with Crippen LogP contribution in [-0.2, 0) is 4.79 Å². The Labute approximate surface area is 129 Å². The third kappa shape index (κ3) is 4.43. The number of nitrogens with zero attached hydrogens (tertiary/aromatic N) is 2. The van der Waals surface area contributed by atoms with E-state index in [0.29, 0.717) is 11.9 Å². The molecule has 120 valence electrons. The van der Waals surface area contributed by atoms with Crippen molar-refractivity contribution in [1.29, 1.82) is 0 Å². The Bertz CT molecular complexity index is 327. The summed E-state index contributed by atoms with van der Waals surface area (Å²) in [6.07, 6.45) is 9.63. The molecule has 21 heavy (non-hydrogen) atoms. The fourth-order valence-electron chi connectivity index (χ4n) is 4.13. The first kappa shape index (κ1) is 15.3. The molecule has 0 aromatic rings. The van der Waals surface area contributed by atoms with Crippen molar-refractivity contribution < 1.29 is 4.79 Å². The Hall–Kier alpha value is -0.610. The molecule has 1 N–H and O–H groups in total. The summed E-state index contributed by atoms with van der Waals surface area (Å²) < 4.78 is 0. The van der Waals surface area contributed by atoms with Crippen LogP contribution >= 0.6 is 0 Å². The van der Waals surface area contributed by atoms with E-state index >= 15 is 0 Å². The van der Waals surface area contributed by atoms with Crippen molar-refractivity contribution in [2.75, 3.05) is 39.3 Å². The van der Waals surface area contributed by atoms with Crippen LogP contribution in [0.3, 0.4) is 0 Å². The standard InChI is InChI=1S/C17H31N3O/c21-17(13-16-5-1-2-8-18-16)20-11-6-15(7-12-20)14-19-9-3-4-10-19/h15-16,18H,1-14H2. The van der Waals surface area contributed by atoms with E-state index in [9.17, 15) is 4.79 Å². The summed E-state index contributed by atoms with van der Waals surface area (Å²) in [5.74, 6) is 1.20. The van der Waals surface area contributed by atoms with Crippen LogP contribution in [0.2, 0.25) is 0 Å². The molecule has 1 atom stereocenters. The lowest BCUT2D eigenvalue weighted by Gasteiger charge is -2.35. The highest BCUT2D eigenvalue weighted by Crippen LogP contribution is 2.22. The van der Waals surface area contributed by atoms with Gasteiger partial charge >= 0.3 is 0 Å². The number of carbonyl (C=O) groups is 1. The summed E-state index contributed by atoms with van der Waals surface area (Å²) in [5.41, 5.74) is 0. The summed E-state index contributed by atoms with van der Waals surface area (Å²) >= 11 is 0. The van der Waals surface area contributed by atoms with Crippen molar-refractivity contribution >= 4 is 5.91 Å². The highest BCUT2D eigenvalue weighted by molar-refractivity contribution is 5.76. The summed E-state index contributed by atoms with van der Waals surface area (Å²) in [7, 11) is 0. The number of nitrogens with one attached hydrogen (secondary N) is 1. The van der Waals surface area contributed by atoms with Crippen LogP contribution < -0.4 is 5.32 Å². The molecule has 0 saturated carbocycles. The minimum Gasteiger partial charge on any atom is -0.343 e. The fourth-order valence-corrected chi connectivity index (χ4v) is 4.13. The minimum atomic E-state index is 0.383. The zero-order chi connectivity index (χ0) is 14.5. The molecule has 4 heteroatoms. The Balaban J connectivity index is 1.37. The highest BCUT2D eigenvalue weighted by atomic mass is 16.2. The molecule has 0 spiro atoms. The number of amides is 1. The average molecular weight is 293 g/mol. The van der Waals surface area contributed by atoms with Gasteiger partial charge in [0, 0.05) is 32.1 Å². The van der Waals surface area contributed by atoms with Crippen LogP contribution in [-0.4, -0.2) is 61.0 Å². The van der Waals surface area contributed by atoms with E-state index in [-0.39, 0.29) is 0 Å². The quantitative estimate of drug-likeness (QED) is 0.859. The van der Waals surface area contributed by atoms with E-state index in [4.69, 9.17) is 0 Å². The van der Waals surface area contributed by atoms with E-state index in [1.165, 1.54) is 64.6 Å². The smallest absolute Gasteiger partial charge is 0.224 e. The molecule has 3 saturated heterocycles. The Morgan fingerprint density at radius 2 is 1.71 bits per heavy atom. The number of carbonyl (C=O) groups excluding carboxylic acids is 1. The third-order valence-electron chi connectivity index (χ3n) is 5.52. The van der Waals surface area contributed by atoms with Gasteiger partial charge in [-0.25, -0.2) is 0 Å². The summed E-state index contributed by atoms with van der Waals surface area (Å²) in [5, 5.41) is 3.49. The maximum absolute atomic E-state index is 12.4. The van der Waals surface area contributed by atoms with Crippen molar-refractivity contribution in [3.63, 3.8) is 0 Å². The maximum atomic E-state index is 12.4. The first-order valence-electron chi connectivity index (χ1n) is 9.05. The lowest BCUT2D eigenvalue weighted by atomic mass is 9.95. The monoisotopic (exact) mass is 293 g/mol. The summed E-state index contributed by atoms with van der Waals surface area (Å²) in [6, 6.07) is 0.438. The normalized spacial score (nSPS) is 29.0. The van der Waals surface area contributed by atoms with E-state index in [1.807, 2.05) is 0 Å². The minimum absolute atomic E-state index is 0.383. The van der Waals surface area contributed by atoms with Crippen molar-refractivity contribution in [1.82, 2.24) is 15.1 Å². The molecule has 3 rings (SSSR count). The molecule has 3 heterocycles. The number of likely N-dealkylation sites (tertiary alicyclic amines) is 2. The molecule has 0 bridgehead atoms. The van der Waals surface area contributed by atoms with E-state index in [1.54, 1.807) is 0 Å². The first-order valence-corrected chi connectivity index (χ1v) is 9.05. The zero-order valence-electron chi connectivity index (χ0n) is 13.4. The number of hydrogen-bond donors (Lipinski definition) is 1. The zero-order valence-corrected chi connectivity index (χ0v) is 13.4. The van der Waals surface area contributed by atoms with Gasteiger partial charge in [0.05, 0.1) is 0 Å². The largest absolute Gasteiger partial charge is 0.343 e. The number of piperidine rings is 2. The molecule has 1 amide bonds. The maximum Gasteiger partial charge on any atom is 0.224 e. The van der Waals surface area contributed by atoms with Gasteiger partial charge in [-0.2, -0.15) is 0 Å². The van der Waals surface area contributed by atoms with E-state index in [2.05, 4.69) is 15.1 Å². The molecule has 0 aromatic heterocycles. The number of hydrogen-bond acceptors (Lipinski definition) is 3. The molecule has 0 aromatic carbocycles. The predicted octanol–water partition coefficient (Wildman–Crippen LogP) is 1.85. The van der Waals surface area contributed by atoms with Crippen LogP contribution in [0.5, 0.6) is 0 Å². The first-order chi connectivity index (χ1) is 10.3. The predicted molar refractivity (Wildman–Crippen MR) is 85.2 cm³/mol. The van der Waals surface area contributed by atoms with Gasteiger partial charge in [-0.3, -0.25) is 4.79 Å². The molecule has 0 aliphatic carbocycles. The van der Waals surface area contributed by atoms with Gasteiger partial charge < -0.3 is 15.1 Å². The van der Waals surface area contributed by atoms with Crippen molar-refractivity contribution in [2.45, 2.75) is 57.4 Å². The fraction of sp³-hybridized carbons (Fsp3) is 0.941. The van der Waals surface area contributed by atoms with Crippen LogP contribution in [0.4, 0.5) is 0 Å². The Kier molecular flexibility index (Phi) is 5.53. The lowest BCUT2D eigenvalue weighted by molar-refractivity contribution is -0.133. The second-order valence-corrected chi connectivity index (χ2v) is 7.18. The van der Waals surface area contributed by atoms with Crippen LogP contribution in [0, 0.1) is 5.92 Å². The molecule has 1 unspecified atom stereocenters. The highest BCUT2D eigenvalue weighted by Gasteiger charge is 2.26. The van der Waals surface area contributed by atoms with E-state index in [0.717, 1.165) is 32.0 Å². The van der Waals surface area contributed by atoms with Crippen molar-refractivity contribution in [2.24, 2.45) is 5.92 Å². The Morgan fingerprint density at radius 1 is 0.952 bits per heavy atom. The number of rotatable bonds is 4. The molecule has 3 fully saturated rings. The lowest BCUT2D eigenvalue weighted by Crippen LogP contribution is -2.44. The van der Waals surface area contributed by atoms with Crippen LogP contribution in [0.15, 0.2) is 0 Å². The van der Waals surface area contributed by atoms with Crippen LogP contribution in [0.25, 0.3) is 0 Å². The Morgan fingerprint density at radius 3 is 2.38 bits per heavy atom. The second kappa shape index (κ2) is 7.59. The van der Waals surface area contributed by atoms with Crippen LogP contribution in [0.1, 0.15) is 51.4 Å². The van der Waals surface area contributed by atoms with Gasteiger partial charge in [0.25, 0.3) is 0 Å². The second-order valence-electron chi connectivity index (χ2n) is 7.18. The molecule has 3 aliphatic rings. The van der Waals surface area contributed by atoms with Crippen molar-refractivity contribution in [3.8, 4) is 0 Å². The summed E-state index contributed by atoms with van der Waals surface area (Å²) in [4.78, 5) is 17.1. The third-order valence-corrected chi connectivity index (χ3v) is 5.52. The van der Waals surface area contributed by atoms with Gasteiger partial charge in [-0.1, -0.05) is 6.42 Å². The molecule has 4 nitrogen and oxygen atoms in total.